The summed E-state index contributed by atoms with van der Waals surface area (Å²) in [5.74, 6) is 2.17. The second-order valence-electron chi connectivity index (χ2n) is 6.02. The highest BCUT2D eigenvalue weighted by Crippen LogP contribution is 2.34. The minimum atomic E-state index is 0.144. The third-order valence-corrected chi connectivity index (χ3v) is 6.58. The first-order chi connectivity index (χ1) is 10.7. The molecule has 0 unspecified atom stereocenters. The molecule has 3 rings (SSSR count). The van der Waals surface area contributed by atoms with Gasteiger partial charge in [-0.05, 0) is 30.4 Å². The molecule has 2 atom stereocenters. The molecule has 1 fully saturated rings. The second-order valence-corrected chi connectivity index (χ2v) is 8.21. The van der Waals surface area contributed by atoms with Gasteiger partial charge in [0.25, 0.3) is 0 Å². The minimum absolute atomic E-state index is 0.144. The monoisotopic (exact) mass is 334 g/mol. The molecule has 0 saturated heterocycles. The molecule has 1 aromatic rings. The number of para-hydroxylation sites is 1. The van der Waals surface area contributed by atoms with Gasteiger partial charge in [0.05, 0.1) is 11.4 Å². The van der Waals surface area contributed by atoms with Crippen molar-refractivity contribution < 1.29 is 4.79 Å². The number of carbonyl (C=O) groups is 1. The highest BCUT2D eigenvalue weighted by Gasteiger charge is 2.23. The molecule has 1 aliphatic heterocycles. The van der Waals surface area contributed by atoms with Crippen LogP contribution in [0.3, 0.4) is 0 Å². The van der Waals surface area contributed by atoms with Crippen molar-refractivity contribution in [1.82, 2.24) is 5.32 Å². The SMILES string of the molecule is C[C@@H]1CCCC[C@@H]1NC(=O)CSC1=Nc2ccccc2CS1. The summed E-state index contributed by atoms with van der Waals surface area (Å²) in [5.41, 5.74) is 2.32. The van der Waals surface area contributed by atoms with Gasteiger partial charge in [-0.3, -0.25) is 4.79 Å². The summed E-state index contributed by atoms with van der Waals surface area (Å²) >= 11 is 3.29. The molecular weight excluding hydrogens is 312 g/mol. The zero-order valence-corrected chi connectivity index (χ0v) is 14.5. The number of rotatable bonds is 3. The lowest BCUT2D eigenvalue weighted by molar-refractivity contribution is -0.119. The maximum atomic E-state index is 12.1. The third-order valence-electron chi connectivity index (χ3n) is 4.34. The normalized spacial score (nSPS) is 24.3. The maximum Gasteiger partial charge on any atom is 0.230 e. The summed E-state index contributed by atoms with van der Waals surface area (Å²) in [6, 6.07) is 8.58. The molecule has 118 valence electrons. The number of nitrogens with one attached hydrogen (secondary N) is 1. The fraction of sp³-hybridized carbons (Fsp3) is 0.529. The molecule has 22 heavy (non-hydrogen) atoms. The molecule has 1 saturated carbocycles. The second kappa shape index (κ2) is 7.55. The Bertz CT molecular complexity index is 574. The molecule has 1 aromatic carbocycles. The van der Waals surface area contributed by atoms with E-state index in [1.807, 2.05) is 18.2 Å². The van der Waals surface area contributed by atoms with Crippen LogP contribution in [0.2, 0.25) is 0 Å². The molecule has 0 aromatic heterocycles. The van der Waals surface area contributed by atoms with E-state index in [4.69, 9.17) is 0 Å². The number of benzene rings is 1. The molecule has 1 amide bonds. The van der Waals surface area contributed by atoms with E-state index in [0.29, 0.717) is 17.7 Å². The average molecular weight is 335 g/mol. The van der Waals surface area contributed by atoms with Crippen LogP contribution in [-0.2, 0) is 10.5 Å². The number of amides is 1. The minimum Gasteiger partial charge on any atom is -0.352 e. The van der Waals surface area contributed by atoms with Crippen LogP contribution in [0, 0.1) is 5.92 Å². The zero-order valence-electron chi connectivity index (χ0n) is 12.9. The molecule has 0 bridgehead atoms. The smallest absolute Gasteiger partial charge is 0.230 e. The van der Waals surface area contributed by atoms with Crippen molar-refractivity contribution >= 4 is 39.5 Å². The first kappa shape index (κ1) is 15.9. The van der Waals surface area contributed by atoms with Gasteiger partial charge in [0.2, 0.25) is 5.91 Å². The Morgan fingerprint density at radius 1 is 1.36 bits per heavy atom. The van der Waals surface area contributed by atoms with Crippen LogP contribution in [0.5, 0.6) is 0 Å². The van der Waals surface area contributed by atoms with Gasteiger partial charge in [-0.1, -0.05) is 61.5 Å². The Balaban J connectivity index is 1.50. The first-order valence-corrected chi connectivity index (χ1v) is 9.91. The van der Waals surface area contributed by atoms with E-state index in [2.05, 4.69) is 23.3 Å². The first-order valence-electron chi connectivity index (χ1n) is 7.94. The average Bonchev–Trinajstić information content (AvgIpc) is 2.55. The fourth-order valence-electron chi connectivity index (χ4n) is 2.99. The van der Waals surface area contributed by atoms with Gasteiger partial charge >= 0.3 is 0 Å². The molecule has 2 aliphatic rings. The van der Waals surface area contributed by atoms with Crippen molar-refractivity contribution in [1.29, 1.82) is 0 Å². The fourth-order valence-corrected chi connectivity index (χ4v) is 4.87. The summed E-state index contributed by atoms with van der Waals surface area (Å²) in [5, 5.41) is 3.20. The van der Waals surface area contributed by atoms with Gasteiger partial charge in [0, 0.05) is 11.8 Å². The molecule has 1 N–H and O–H groups in total. The van der Waals surface area contributed by atoms with Crippen LogP contribution in [0.4, 0.5) is 5.69 Å². The van der Waals surface area contributed by atoms with E-state index < -0.39 is 0 Å². The molecule has 1 aliphatic carbocycles. The number of hydrogen-bond donors (Lipinski definition) is 1. The van der Waals surface area contributed by atoms with E-state index in [9.17, 15) is 4.79 Å². The van der Waals surface area contributed by atoms with Crippen LogP contribution in [-0.4, -0.2) is 22.1 Å². The van der Waals surface area contributed by atoms with E-state index in [1.165, 1.54) is 24.8 Å². The standard InChI is InChI=1S/C17H22N2OS2/c1-12-6-2-4-8-14(12)18-16(20)11-22-17-19-15-9-5-3-7-13(15)10-21-17/h3,5,7,9,12,14H,2,4,6,8,10-11H2,1H3,(H,18,20)/t12-,14+/m1/s1. The lowest BCUT2D eigenvalue weighted by Crippen LogP contribution is -2.41. The van der Waals surface area contributed by atoms with E-state index in [0.717, 1.165) is 22.2 Å². The number of fused-ring (bicyclic) bond motifs is 1. The van der Waals surface area contributed by atoms with E-state index in [-0.39, 0.29) is 5.91 Å². The van der Waals surface area contributed by atoms with Crippen LogP contribution >= 0.6 is 23.5 Å². The third kappa shape index (κ3) is 4.07. The van der Waals surface area contributed by atoms with Crippen molar-refractivity contribution in [2.75, 3.05) is 5.75 Å². The van der Waals surface area contributed by atoms with E-state index in [1.54, 1.807) is 23.5 Å². The van der Waals surface area contributed by atoms with Crippen molar-refractivity contribution in [2.45, 2.75) is 44.4 Å². The largest absolute Gasteiger partial charge is 0.352 e. The number of hydrogen-bond acceptors (Lipinski definition) is 4. The summed E-state index contributed by atoms with van der Waals surface area (Å²) in [6.45, 7) is 2.25. The summed E-state index contributed by atoms with van der Waals surface area (Å²) < 4.78 is 1.01. The quantitative estimate of drug-likeness (QED) is 0.893. The molecule has 0 radical (unpaired) electrons. The Morgan fingerprint density at radius 3 is 3.05 bits per heavy atom. The Morgan fingerprint density at radius 2 is 2.18 bits per heavy atom. The Kier molecular flexibility index (Phi) is 5.47. The van der Waals surface area contributed by atoms with Gasteiger partial charge in [0.15, 0.2) is 0 Å². The summed E-state index contributed by atoms with van der Waals surface area (Å²) in [4.78, 5) is 16.8. The zero-order chi connectivity index (χ0) is 15.4. The van der Waals surface area contributed by atoms with Crippen LogP contribution in [0.15, 0.2) is 29.3 Å². The van der Waals surface area contributed by atoms with Gasteiger partial charge in [-0.15, -0.1) is 0 Å². The highest BCUT2D eigenvalue weighted by atomic mass is 32.2. The summed E-state index contributed by atoms with van der Waals surface area (Å²) in [6.07, 6.45) is 4.90. The predicted octanol–water partition coefficient (Wildman–Crippen LogP) is 4.35. The lowest BCUT2D eigenvalue weighted by Gasteiger charge is -2.29. The summed E-state index contributed by atoms with van der Waals surface area (Å²) in [7, 11) is 0. The number of aliphatic imine (C=N–C) groups is 1. The number of thioether (sulfide) groups is 2. The lowest BCUT2D eigenvalue weighted by atomic mass is 9.86. The van der Waals surface area contributed by atoms with Gasteiger partial charge in [0.1, 0.15) is 4.38 Å². The van der Waals surface area contributed by atoms with Gasteiger partial charge in [-0.2, -0.15) is 0 Å². The molecule has 5 heteroatoms. The topological polar surface area (TPSA) is 41.5 Å². The molecule has 3 nitrogen and oxygen atoms in total. The van der Waals surface area contributed by atoms with Crippen LogP contribution in [0.25, 0.3) is 0 Å². The van der Waals surface area contributed by atoms with Crippen molar-refractivity contribution in [3.8, 4) is 0 Å². The van der Waals surface area contributed by atoms with Crippen molar-refractivity contribution in [3.63, 3.8) is 0 Å². The van der Waals surface area contributed by atoms with Gasteiger partial charge in [-0.25, -0.2) is 4.99 Å². The molecule has 1 heterocycles. The predicted molar refractivity (Wildman–Crippen MR) is 96.9 cm³/mol. The number of carbonyl (C=O) groups excluding carboxylic acids is 1. The Labute approximate surface area is 140 Å². The number of nitrogens with zero attached hydrogens (tertiary/aromatic N) is 1. The Hall–Kier alpha value is -0.940. The van der Waals surface area contributed by atoms with Crippen molar-refractivity contribution in [3.05, 3.63) is 29.8 Å². The van der Waals surface area contributed by atoms with Gasteiger partial charge < -0.3 is 5.32 Å². The maximum absolute atomic E-state index is 12.1. The van der Waals surface area contributed by atoms with Crippen LogP contribution in [0.1, 0.15) is 38.2 Å². The highest BCUT2D eigenvalue weighted by molar-refractivity contribution is 8.38. The molecular formula is C17H22N2OS2. The van der Waals surface area contributed by atoms with E-state index >= 15 is 0 Å². The van der Waals surface area contributed by atoms with Crippen LogP contribution < -0.4 is 5.32 Å². The molecule has 0 spiro atoms. The van der Waals surface area contributed by atoms with Crippen molar-refractivity contribution in [2.24, 2.45) is 10.9 Å².